The molecule has 2 N–H and O–H groups in total. The van der Waals surface area contributed by atoms with Crippen molar-refractivity contribution < 1.29 is 29.3 Å². The lowest BCUT2D eigenvalue weighted by Gasteiger charge is -2.20. The molecule has 12 aromatic carbocycles. The van der Waals surface area contributed by atoms with Crippen LogP contribution in [0.15, 0.2) is 218 Å². The van der Waals surface area contributed by atoms with Gasteiger partial charge in [0.25, 0.3) is 0 Å². The highest BCUT2D eigenvalue weighted by Crippen LogP contribution is 2.48. The largest absolute Gasteiger partial charge is 0.481 e. The van der Waals surface area contributed by atoms with Crippen molar-refractivity contribution in [2.75, 3.05) is 13.2 Å². The molecule has 0 unspecified atom stereocenters. The Labute approximate surface area is 402 Å². The molecule has 0 fully saturated rings. The van der Waals surface area contributed by atoms with E-state index in [1.165, 1.54) is 21.5 Å². The van der Waals surface area contributed by atoms with Gasteiger partial charge >= 0.3 is 11.9 Å². The van der Waals surface area contributed by atoms with E-state index in [-0.39, 0.29) is 0 Å². The first-order valence-electron chi connectivity index (χ1n) is 23.2. The topological polar surface area (TPSA) is 93.1 Å². The molecular formula is C64H42O6. The predicted octanol–water partition coefficient (Wildman–Crippen LogP) is 15.9. The Hall–Kier alpha value is -9.26. The van der Waals surface area contributed by atoms with E-state index in [2.05, 4.69) is 182 Å². The smallest absolute Gasteiger partial charge is 0.341 e. The number of aliphatic carboxylic acids is 2. The van der Waals surface area contributed by atoms with Crippen LogP contribution in [0.1, 0.15) is 0 Å². The Morgan fingerprint density at radius 2 is 0.643 bits per heavy atom. The summed E-state index contributed by atoms with van der Waals surface area (Å²) in [6, 6.07) is 75.5. The number of ether oxygens (including phenoxy) is 2. The van der Waals surface area contributed by atoms with Crippen LogP contribution in [0.4, 0.5) is 0 Å². The van der Waals surface area contributed by atoms with Crippen LogP contribution in [0.3, 0.4) is 0 Å². The molecular weight excluding hydrogens is 865 g/mol. The van der Waals surface area contributed by atoms with E-state index in [9.17, 15) is 19.8 Å². The van der Waals surface area contributed by atoms with Crippen LogP contribution in [-0.4, -0.2) is 35.4 Å². The fourth-order valence-corrected chi connectivity index (χ4v) is 10.5. The normalized spacial score (nSPS) is 11.5. The van der Waals surface area contributed by atoms with Crippen LogP contribution >= 0.6 is 0 Å². The van der Waals surface area contributed by atoms with Gasteiger partial charge in [0, 0.05) is 11.1 Å². The molecule has 334 valence electrons. The molecule has 0 radical (unpaired) electrons. The van der Waals surface area contributed by atoms with Crippen LogP contribution in [0.25, 0.3) is 120 Å². The predicted molar refractivity (Wildman–Crippen MR) is 285 cm³/mol. The molecule has 0 heterocycles. The Morgan fingerprint density at radius 1 is 0.300 bits per heavy atom. The van der Waals surface area contributed by atoms with Gasteiger partial charge in [0.1, 0.15) is 11.5 Å². The zero-order chi connectivity index (χ0) is 47.3. The Balaban J connectivity index is 1.04. The van der Waals surface area contributed by atoms with Gasteiger partial charge in [0.2, 0.25) is 0 Å². The highest BCUT2D eigenvalue weighted by atomic mass is 16.5. The Morgan fingerprint density at radius 3 is 1.06 bits per heavy atom. The average molecular weight is 907 g/mol. The number of fused-ring (bicyclic) bond motifs is 8. The molecule has 6 nitrogen and oxygen atoms in total. The van der Waals surface area contributed by atoms with Crippen LogP contribution in [-0.2, 0) is 9.59 Å². The van der Waals surface area contributed by atoms with Crippen molar-refractivity contribution in [3.8, 4) is 67.1 Å². The second-order valence-corrected chi connectivity index (χ2v) is 17.6. The molecule has 0 aromatic heterocycles. The second kappa shape index (κ2) is 17.4. The first-order valence-corrected chi connectivity index (χ1v) is 23.2. The van der Waals surface area contributed by atoms with Crippen molar-refractivity contribution in [2.24, 2.45) is 0 Å². The standard InChI is InChI=1S/C64H42O6/c65-61(66)37-69-59-31-27-43-33-41(47-17-5-7-21-53(47)57-35-39-13-1-3-15-45(39)51-19-9-11-23-55(51)57)25-29-49(43)63(59)64-50-30-26-42(34-44(50)28-32-60(64)70-38-62(67)68)48-18-6-8-22-54(48)58-36-40-14-2-4-16-46(40)52-20-10-12-24-56(52)58/h1-36H,37-38H2,(H,65,66)(H,67,68). The molecule has 0 amide bonds. The summed E-state index contributed by atoms with van der Waals surface area (Å²) >= 11 is 0. The molecule has 0 spiro atoms. The molecule has 12 rings (SSSR count). The molecule has 0 saturated heterocycles. The summed E-state index contributed by atoms with van der Waals surface area (Å²) in [6.07, 6.45) is 0. The Bertz CT molecular complexity index is 3830. The number of carbonyl (C=O) groups is 2. The number of hydrogen-bond donors (Lipinski definition) is 2. The lowest BCUT2D eigenvalue weighted by Crippen LogP contribution is -2.11. The van der Waals surface area contributed by atoms with E-state index in [0.717, 1.165) is 87.6 Å². The number of carboxylic acid groups (broad SMARTS) is 2. The van der Waals surface area contributed by atoms with Gasteiger partial charge in [-0.25, -0.2) is 9.59 Å². The van der Waals surface area contributed by atoms with Crippen molar-refractivity contribution in [2.45, 2.75) is 0 Å². The molecule has 70 heavy (non-hydrogen) atoms. The van der Waals surface area contributed by atoms with Crippen molar-refractivity contribution >= 4 is 76.6 Å². The van der Waals surface area contributed by atoms with Gasteiger partial charge in [-0.05, 0) is 146 Å². The zero-order valence-corrected chi connectivity index (χ0v) is 37.7. The minimum atomic E-state index is -1.12. The minimum Gasteiger partial charge on any atom is -0.481 e. The van der Waals surface area contributed by atoms with Gasteiger partial charge in [-0.2, -0.15) is 0 Å². The molecule has 6 heteroatoms. The summed E-state index contributed by atoms with van der Waals surface area (Å²) in [7, 11) is 0. The van der Waals surface area contributed by atoms with Crippen LogP contribution in [0.5, 0.6) is 11.5 Å². The first kappa shape index (κ1) is 42.1. The van der Waals surface area contributed by atoms with E-state index >= 15 is 0 Å². The van der Waals surface area contributed by atoms with Crippen LogP contribution in [0, 0.1) is 0 Å². The fourth-order valence-electron chi connectivity index (χ4n) is 10.5. The van der Waals surface area contributed by atoms with Gasteiger partial charge in [-0.3, -0.25) is 0 Å². The number of rotatable bonds is 11. The number of carboxylic acids is 2. The van der Waals surface area contributed by atoms with E-state index < -0.39 is 25.2 Å². The van der Waals surface area contributed by atoms with Crippen molar-refractivity contribution in [3.63, 3.8) is 0 Å². The van der Waals surface area contributed by atoms with Crippen LogP contribution in [0.2, 0.25) is 0 Å². The summed E-state index contributed by atoms with van der Waals surface area (Å²) in [5.41, 5.74) is 9.74. The summed E-state index contributed by atoms with van der Waals surface area (Å²) in [5.74, 6) is -1.59. The maximum atomic E-state index is 12.1. The molecule has 0 saturated carbocycles. The summed E-state index contributed by atoms with van der Waals surface area (Å²) in [4.78, 5) is 24.1. The van der Waals surface area contributed by atoms with Crippen molar-refractivity contribution in [1.82, 2.24) is 0 Å². The van der Waals surface area contributed by atoms with E-state index in [1.807, 2.05) is 24.3 Å². The van der Waals surface area contributed by atoms with E-state index in [4.69, 9.17) is 9.47 Å². The fraction of sp³-hybridized carbons (Fsp3) is 0.0312. The molecule has 0 bridgehead atoms. The van der Waals surface area contributed by atoms with Crippen molar-refractivity contribution in [1.29, 1.82) is 0 Å². The van der Waals surface area contributed by atoms with Gasteiger partial charge in [-0.1, -0.05) is 182 Å². The average Bonchev–Trinajstić information content (AvgIpc) is 3.41. The monoisotopic (exact) mass is 906 g/mol. The summed E-state index contributed by atoms with van der Waals surface area (Å²) in [6.45, 7) is -1.16. The lowest BCUT2D eigenvalue weighted by atomic mass is 9.86. The van der Waals surface area contributed by atoms with E-state index in [0.29, 0.717) is 22.6 Å². The maximum Gasteiger partial charge on any atom is 0.341 e. The van der Waals surface area contributed by atoms with Gasteiger partial charge in [-0.15, -0.1) is 0 Å². The zero-order valence-electron chi connectivity index (χ0n) is 37.7. The first-order chi connectivity index (χ1) is 34.4. The maximum absolute atomic E-state index is 12.1. The molecule has 12 aromatic rings. The minimum absolute atomic E-state index is 0.330. The Kier molecular flexibility index (Phi) is 10.5. The van der Waals surface area contributed by atoms with Gasteiger partial charge < -0.3 is 19.7 Å². The highest BCUT2D eigenvalue weighted by Gasteiger charge is 2.23. The van der Waals surface area contributed by atoms with Crippen molar-refractivity contribution in [3.05, 3.63) is 218 Å². The highest BCUT2D eigenvalue weighted by molar-refractivity contribution is 6.17. The third kappa shape index (κ3) is 7.39. The van der Waals surface area contributed by atoms with Gasteiger partial charge in [0.05, 0.1) is 0 Å². The number of benzene rings is 12. The molecule has 0 aliphatic heterocycles. The van der Waals surface area contributed by atoms with E-state index in [1.54, 1.807) is 12.1 Å². The summed E-state index contributed by atoms with van der Waals surface area (Å²) in [5, 5.41) is 32.5. The third-order valence-electron chi connectivity index (χ3n) is 13.5. The SMILES string of the molecule is O=C(O)COc1ccc2cc(-c3ccccc3-c3cc4ccccc4c4ccccc34)ccc2c1-c1c(OCC(=O)O)ccc2cc(-c3ccccc3-c3cc4ccccc4c4ccccc34)ccc12. The van der Waals surface area contributed by atoms with Gasteiger partial charge in [0.15, 0.2) is 13.2 Å². The molecule has 0 atom stereocenters. The second-order valence-electron chi connectivity index (χ2n) is 17.6. The number of hydrogen-bond acceptors (Lipinski definition) is 4. The quantitative estimate of drug-likeness (QED) is 0.126. The molecule has 0 aliphatic carbocycles. The molecule has 0 aliphatic rings. The third-order valence-corrected chi connectivity index (χ3v) is 13.5. The summed E-state index contributed by atoms with van der Waals surface area (Å²) < 4.78 is 12.2. The van der Waals surface area contributed by atoms with Crippen LogP contribution < -0.4 is 9.47 Å². The lowest BCUT2D eigenvalue weighted by molar-refractivity contribution is -0.140.